The molecule has 6 nitrogen and oxygen atoms in total. The number of amides is 1. The number of rotatable bonds is 6. The summed E-state index contributed by atoms with van der Waals surface area (Å²) in [4.78, 5) is 18.8. The van der Waals surface area contributed by atoms with Crippen molar-refractivity contribution in [2.45, 2.75) is 45.2 Å². The maximum absolute atomic E-state index is 14.0. The van der Waals surface area contributed by atoms with E-state index < -0.39 is 5.91 Å². The fourth-order valence-electron chi connectivity index (χ4n) is 5.22. The van der Waals surface area contributed by atoms with Crippen LogP contribution in [0.1, 0.15) is 43.2 Å². The van der Waals surface area contributed by atoms with E-state index in [1.54, 1.807) is 11.5 Å². The van der Waals surface area contributed by atoms with Gasteiger partial charge >= 0.3 is 0 Å². The van der Waals surface area contributed by atoms with E-state index in [-0.39, 0.29) is 5.82 Å². The highest BCUT2D eigenvalue weighted by Gasteiger charge is 2.19. The Morgan fingerprint density at radius 3 is 2.89 bits per heavy atom. The number of hydrogen-bond acceptors (Lipinski definition) is 4. The number of hydrogen-bond donors (Lipinski definition) is 2. The molecule has 2 aliphatic rings. The Kier molecular flexibility index (Phi) is 7.06. The van der Waals surface area contributed by atoms with Crippen molar-refractivity contribution in [2.75, 3.05) is 13.1 Å². The van der Waals surface area contributed by atoms with E-state index in [0.29, 0.717) is 24.5 Å². The van der Waals surface area contributed by atoms with Gasteiger partial charge in [0.25, 0.3) is 5.91 Å². The average molecular weight is 475 g/mol. The van der Waals surface area contributed by atoms with Gasteiger partial charge in [-0.3, -0.25) is 14.9 Å². The van der Waals surface area contributed by atoms with Crippen molar-refractivity contribution >= 4 is 22.5 Å². The second-order valence-electron chi connectivity index (χ2n) is 9.58. The topological polar surface area (TPSA) is 70.4 Å². The third-order valence-corrected chi connectivity index (χ3v) is 7.22. The average Bonchev–Trinajstić information content (AvgIpc) is 3.13. The number of nitrogens with one attached hydrogen (secondary N) is 1. The summed E-state index contributed by atoms with van der Waals surface area (Å²) in [6.07, 6.45) is 12.7. The van der Waals surface area contributed by atoms with Gasteiger partial charge in [-0.2, -0.15) is 0 Å². The molecule has 2 N–H and O–H groups in total. The molecule has 2 aromatic heterocycles. The summed E-state index contributed by atoms with van der Waals surface area (Å²) < 4.78 is 16.2. The number of allylic oxidation sites excluding steroid dienone is 1. The number of aromatic nitrogens is 2. The summed E-state index contributed by atoms with van der Waals surface area (Å²) in [5, 5.41) is 10.0. The number of halogens is 1. The van der Waals surface area contributed by atoms with Crippen LogP contribution in [0.15, 0.2) is 66.5 Å². The maximum Gasteiger partial charge on any atom is 0.270 e. The van der Waals surface area contributed by atoms with Gasteiger partial charge in [0.05, 0.1) is 0 Å². The largest absolute Gasteiger partial charge is 0.332 e. The molecule has 0 fully saturated rings. The molecule has 0 bridgehead atoms. The van der Waals surface area contributed by atoms with Crippen molar-refractivity contribution in [1.29, 1.82) is 0 Å². The molecule has 0 saturated carbocycles. The van der Waals surface area contributed by atoms with E-state index in [2.05, 4.69) is 33.9 Å². The molecular weight excluding hydrogens is 443 g/mol. The molecule has 0 saturated heterocycles. The Morgan fingerprint density at radius 1 is 1.20 bits per heavy atom. The van der Waals surface area contributed by atoms with Crippen molar-refractivity contribution < 1.29 is 14.4 Å². The highest BCUT2D eigenvalue weighted by Crippen LogP contribution is 2.28. The van der Waals surface area contributed by atoms with Crippen LogP contribution in [-0.2, 0) is 17.9 Å². The predicted molar refractivity (Wildman–Crippen MR) is 134 cm³/mol. The van der Waals surface area contributed by atoms with Crippen molar-refractivity contribution in [3.63, 3.8) is 0 Å². The zero-order valence-corrected chi connectivity index (χ0v) is 19.8. The van der Waals surface area contributed by atoms with Crippen LogP contribution in [0, 0.1) is 11.7 Å². The first-order valence-electron chi connectivity index (χ1n) is 12.3. The zero-order valence-electron chi connectivity index (χ0n) is 19.8. The molecule has 1 amide bonds. The van der Waals surface area contributed by atoms with Crippen molar-refractivity contribution in [2.24, 2.45) is 5.92 Å². The Bertz CT molecular complexity index is 1280. The first kappa shape index (κ1) is 23.5. The number of nitrogens with zero attached hydrogens (tertiary/aromatic N) is 3. The first-order chi connectivity index (χ1) is 17.1. The normalized spacial score (nSPS) is 19.2. The Hall–Kier alpha value is -3.29. The number of carbonyl (C=O) groups is 1. The lowest BCUT2D eigenvalue weighted by Crippen LogP contribution is -2.28. The van der Waals surface area contributed by atoms with Gasteiger partial charge in [0, 0.05) is 55.1 Å². The van der Waals surface area contributed by atoms with Gasteiger partial charge in [-0.05, 0) is 67.4 Å². The number of fused-ring (bicyclic) bond motifs is 1. The second kappa shape index (κ2) is 10.5. The van der Waals surface area contributed by atoms with E-state index in [0.717, 1.165) is 67.5 Å². The first-order valence-corrected chi connectivity index (χ1v) is 12.3. The zero-order chi connectivity index (χ0) is 24.2. The monoisotopic (exact) mass is 474 g/mol. The molecule has 7 heteroatoms. The fraction of sp³-hybridized carbons (Fsp3) is 0.357. The van der Waals surface area contributed by atoms with E-state index >= 15 is 0 Å². The molecule has 5 rings (SSSR count). The van der Waals surface area contributed by atoms with Crippen molar-refractivity contribution in [3.05, 3.63) is 83.5 Å². The van der Waals surface area contributed by atoms with Gasteiger partial charge in [0.15, 0.2) is 0 Å². The highest BCUT2D eigenvalue weighted by molar-refractivity contribution is 5.92. The summed E-state index contributed by atoms with van der Waals surface area (Å²) in [5.74, 6) is -0.103. The summed E-state index contributed by atoms with van der Waals surface area (Å²) in [5.41, 5.74) is 6.58. The summed E-state index contributed by atoms with van der Waals surface area (Å²) in [7, 11) is 0. The summed E-state index contributed by atoms with van der Waals surface area (Å²) >= 11 is 0. The minimum absolute atomic E-state index is 0.141. The predicted octanol–water partition coefficient (Wildman–Crippen LogP) is 5.09. The summed E-state index contributed by atoms with van der Waals surface area (Å²) in [6.45, 7) is 3.17. The van der Waals surface area contributed by atoms with Crippen LogP contribution in [0.4, 0.5) is 4.39 Å². The SMILES string of the molecule is O=C(NO)C1=CCC(Cn2ccc3cc(C4=CCN(Cc5ccccc5F)CC4)cnc32)CCC1. The molecule has 3 heterocycles. The van der Waals surface area contributed by atoms with Crippen LogP contribution in [0.2, 0.25) is 0 Å². The van der Waals surface area contributed by atoms with Gasteiger partial charge < -0.3 is 4.57 Å². The Balaban J connectivity index is 1.24. The van der Waals surface area contributed by atoms with E-state index in [4.69, 9.17) is 10.2 Å². The molecule has 1 aromatic carbocycles. The van der Waals surface area contributed by atoms with Gasteiger partial charge in [-0.15, -0.1) is 0 Å². The molecule has 0 spiro atoms. The molecule has 1 atom stereocenters. The second-order valence-corrected chi connectivity index (χ2v) is 9.58. The lowest BCUT2D eigenvalue weighted by atomic mass is 10.00. The van der Waals surface area contributed by atoms with Gasteiger partial charge in [0.2, 0.25) is 0 Å². The van der Waals surface area contributed by atoms with Crippen LogP contribution in [0.3, 0.4) is 0 Å². The Labute approximate surface area is 204 Å². The molecule has 3 aromatic rings. The van der Waals surface area contributed by atoms with Crippen molar-refractivity contribution in [1.82, 2.24) is 19.9 Å². The minimum Gasteiger partial charge on any atom is -0.332 e. The maximum atomic E-state index is 14.0. The minimum atomic E-state index is -0.390. The van der Waals surface area contributed by atoms with Crippen LogP contribution in [0.25, 0.3) is 16.6 Å². The quantitative estimate of drug-likeness (QED) is 0.386. The van der Waals surface area contributed by atoms with Gasteiger partial charge in [-0.25, -0.2) is 14.9 Å². The van der Waals surface area contributed by atoms with Crippen LogP contribution in [0.5, 0.6) is 0 Å². The molecule has 0 radical (unpaired) electrons. The molecule has 1 unspecified atom stereocenters. The lowest BCUT2D eigenvalue weighted by molar-refractivity contribution is -0.125. The number of hydroxylamine groups is 1. The lowest BCUT2D eigenvalue weighted by Gasteiger charge is -2.26. The molecular formula is C28H31FN4O2. The number of pyridine rings is 1. The van der Waals surface area contributed by atoms with E-state index in [1.165, 1.54) is 11.6 Å². The molecule has 182 valence electrons. The smallest absolute Gasteiger partial charge is 0.270 e. The molecule has 1 aliphatic heterocycles. The van der Waals surface area contributed by atoms with Gasteiger partial charge in [0.1, 0.15) is 11.5 Å². The standard InChI is InChI=1S/C28H31FN4O2/c29-26-7-2-1-5-24(26)19-32-13-10-21(11-14-32)25-16-23-12-15-33(27(23)30-17-25)18-20-4-3-6-22(9-8-20)28(34)31-35/h1-2,5,7,9-10,12,15-17,20,35H,3-4,6,8,11,13-14,18-19H2,(H,31,34). The molecule has 35 heavy (non-hydrogen) atoms. The van der Waals surface area contributed by atoms with Crippen LogP contribution in [-0.4, -0.2) is 38.7 Å². The fourth-order valence-corrected chi connectivity index (χ4v) is 5.22. The van der Waals surface area contributed by atoms with E-state index in [9.17, 15) is 9.18 Å². The van der Waals surface area contributed by atoms with E-state index in [1.807, 2.05) is 24.4 Å². The third kappa shape index (κ3) is 5.36. The summed E-state index contributed by atoms with van der Waals surface area (Å²) in [6, 6.07) is 11.3. The number of benzene rings is 1. The van der Waals surface area contributed by atoms with Crippen LogP contribution >= 0.6 is 0 Å². The number of carbonyl (C=O) groups excluding carboxylic acids is 1. The van der Waals surface area contributed by atoms with Crippen molar-refractivity contribution in [3.8, 4) is 0 Å². The van der Waals surface area contributed by atoms with Gasteiger partial charge in [-0.1, -0.05) is 30.4 Å². The molecule has 1 aliphatic carbocycles. The highest BCUT2D eigenvalue weighted by atomic mass is 19.1. The third-order valence-electron chi connectivity index (χ3n) is 7.22. The Morgan fingerprint density at radius 2 is 2.09 bits per heavy atom. The van der Waals surface area contributed by atoms with Crippen LogP contribution < -0.4 is 5.48 Å².